The van der Waals surface area contributed by atoms with Gasteiger partial charge in [-0.3, -0.25) is 9.97 Å². The maximum atomic E-state index is 5.75. The zero-order chi connectivity index (χ0) is 18.3. The van der Waals surface area contributed by atoms with Gasteiger partial charge in [0.2, 0.25) is 0 Å². The highest BCUT2D eigenvalue weighted by molar-refractivity contribution is 6.99. The minimum Gasteiger partial charge on any atom is -0.475 e. The van der Waals surface area contributed by atoms with Gasteiger partial charge in [-0.05, 0) is 24.3 Å². The van der Waals surface area contributed by atoms with Gasteiger partial charge < -0.3 is 9.47 Å². The highest BCUT2D eigenvalue weighted by Gasteiger charge is 2.13. The topological polar surface area (TPSA) is 95.8 Å². The Hall–Kier alpha value is -2.98. The molecule has 0 radical (unpaired) electrons. The SMILES string of the molecule is c1cncc(-c2nsnc2OCCCOc2nsnc2-c2cccnc2)c1. The van der Waals surface area contributed by atoms with E-state index in [0.29, 0.717) is 42.8 Å². The smallest absolute Gasteiger partial charge is 0.254 e. The number of pyridine rings is 2. The van der Waals surface area contributed by atoms with Crippen LogP contribution in [0.5, 0.6) is 11.8 Å². The summed E-state index contributed by atoms with van der Waals surface area (Å²) in [7, 11) is 0. The third kappa shape index (κ3) is 4.23. The van der Waals surface area contributed by atoms with Crippen LogP contribution in [0.1, 0.15) is 6.42 Å². The Morgan fingerprint density at radius 1 is 0.704 bits per heavy atom. The molecule has 0 aliphatic rings. The third-order valence-corrected chi connectivity index (χ3v) is 4.58. The minimum absolute atomic E-state index is 0.457. The molecule has 27 heavy (non-hydrogen) atoms. The van der Waals surface area contributed by atoms with E-state index in [4.69, 9.17) is 9.47 Å². The quantitative estimate of drug-likeness (QED) is 0.417. The lowest BCUT2D eigenvalue weighted by Gasteiger charge is -2.06. The molecule has 136 valence electrons. The molecule has 0 saturated heterocycles. The normalized spacial score (nSPS) is 10.7. The first-order valence-electron chi connectivity index (χ1n) is 8.13. The summed E-state index contributed by atoms with van der Waals surface area (Å²) in [4.78, 5) is 8.20. The molecule has 0 aromatic carbocycles. The van der Waals surface area contributed by atoms with Crippen LogP contribution in [-0.4, -0.2) is 40.7 Å². The van der Waals surface area contributed by atoms with Crippen LogP contribution in [0.4, 0.5) is 0 Å². The molecule has 4 aromatic rings. The number of aromatic nitrogens is 6. The molecular weight excluding hydrogens is 384 g/mol. The molecular formula is C17H14N6O2S2. The van der Waals surface area contributed by atoms with Gasteiger partial charge in [-0.1, -0.05) is 0 Å². The molecule has 4 aromatic heterocycles. The summed E-state index contributed by atoms with van der Waals surface area (Å²) >= 11 is 2.23. The molecule has 10 heteroatoms. The fourth-order valence-electron chi connectivity index (χ4n) is 2.31. The second-order valence-corrected chi connectivity index (χ2v) is 6.43. The monoisotopic (exact) mass is 398 g/mol. The average Bonchev–Trinajstić information content (AvgIpc) is 3.38. The summed E-state index contributed by atoms with van der Waals surface area (Å²) in [5.41, 5.74) is 3.17. The Labute approximate surface area is 163 Å². The van der Waals surface area contributed by atoms with Crippen LogP contribution in [0.3, 0.4) is 0 Å². The van der Waals surface area contributed by atoms with Crippen molar-refractivity contribution in [3.63, 3.8) is 0 Å². The van der Waals surface area contributed by atoms with Gasteiger partial charge in [-0.2, -0.15) is 8.75 Å². The molecule has 0 atom stereocenters. The molecule has 0 aliphatic heterocycles. The van der Waals surface area contributed by atoms with Crippen molar-refractivity contribution in [1.82, 2.24) is 27.5 Å². The van der Waals surface area contributed by atoms with Crippen LogP contribution in [0.25, 0.3) is 22.5 Å². The van der Waals surface area contributed by atoms with Gasteiger partial charge in [0.15, 0.2) is 0 Å². The van der Waals surface area contributed by atoms with Crippen LogP contribution >= 0.6 is 23.5 Å². The molecule has 0 aliphatic carbocycles. The second-order valence-electron chi connectivity index (χ2n) is 5.37. The van der Waals surface area contributed by atoms with E-state index in [1.165, 1.54) is 0 Å². The highest BCUT2D eigenvalue weighted by Crippen LogP contribution is 2.28. The number of nitrogens with zero attached hydrogens (tertiary/aromatic N) is 6. The van der Waals surface area contributed by atoms with Crippen LogP contribution in [-0.2, 0) is 0 Å². The summed E-state index contributed by atoms with van der Waals surface area (Å²) in [5, 5.41) is 0. The highest BCUT2D eigenvalue weighted by atomic mass is 32.1. The second kappa shape index (κ2) is 8.60. The van der Waals surface area contributed by atoms with Gasteiger partial charge >= 0.3 is 0 Å². The Bertz CT molecular complexity index is 898. The van der Waals surface area contributed by atoms with Gasteiger partial charge in [0, 0.05) is 42.3 Å². The van der Waals surface area contributed by atoms with Crippen molar-refractivity contribution < 1.29 is 9.47 Å². The van der Waals surface area contributed by atoms with Crippen molar-refractivity contribution >= 4 is 23.5 Å². The van der Waals surface area contributed by atoms with Gasteiger partial charge in [-0.25, -0.2) is 0 Å². The maximum absolute atomic E-state index is 5.75. The minimum atomic E-state index is 0.457. The lowest BCUT2D eigenvalue weighted by molar-refractivity contribution is 0.241. The summed E-state index contributed by atoms with van der Waals surface area (Å²) in [6.07, 6.45) is 7.58. The number of rotatable bonds is 8. The van der Waals surface area contributed by atoms with E-state index in [-0.39, 0.29) is 0 Å². The first-order chi connectivity index (χ1) is 13.4. The zero-order valence-electron chi connectivity index (χ0n) is 14.1. The van der Waals surface area contributed by atoms with Crippen LogP contribution in [0.2, 0.25) is 0 Å². The van der Waals surface area contributed by atoms with Crippen molar-refractivity contribution in [1.29, 1.82) is 0 Å². The van der Waals surface area contributed by atoms with E-state index in [2.05, 4.69) is 27.5 Å². The predicted molar refractivity (Wildman–Crippen MR) is 102 cm³/mol. The Morgan fingerprint density at radius 2 is 1.22 bits per heavy atom. The number of ether oxygens (including phenoxy) is 2. The molecule has 0 N–H and O–H groups in total. The lowest BCUT2D eigenvalue weighted by atomic mass is 10.2. The van der Waals surface area contributed by atoms with Crippen molar-refractivity contribution in [3.05, 3.63) is 49.1 Å². The fraction of sp³-hybridized carbons (Fsp3) is 0.176. The average molecular weight is 398 g/mol. The first-order valence-corrected chi connectivity index (χ1v) is 9.59. The summed E-state index contributed by atoms with van der Waals surface area (Å²) in [6.45, 7) is 0.914. The Balaban J connectivity index is 1.29. The number of hydrogen-bond acceptors (Lipinski definition) is 10. The summed E-state index contributed by atoms with van der Waals surface area (Å²) in [6, 6.07) is 7.56. The van der Waals surface area contributed by atoms with Crippen LogP contribution < -0.4 is 9.47 Å². The van der Waals surface area contributed by atoms with Crippen molar-refractivity contribution in [3.8, 4) is 34.3 Å². The fourth-order valence-corrected chi connectivity index (χ4v) is 3.34. The van der Waals surface area contributed by atoms with E-state index < -0.39 is 0 Å². The van der Waals surface area contributed by atoms with Gasteiger partial charge in [-0.15, -0.1) is 8.75 Å². The maximum Gasteiger partial charge on any atom is 0.254 e. The molecule has 0 amide bonds. The largest absolute Gasteiger partial charge is 0.475 e. The Morgan fingerprint density at radius 3 is 1.67 bits per heavy atom. The molecule has 0 spiro atoms. The molecule has 0 bridgehead atoms. The van der Waals surface area contributed by atoms with Crippen LogP contribution in [0, 0.1) is 0 Å². The van der Waals surface area contributed by atoms with Crippen molar-refractivity contribution in [2.75, 3.05) is 13.2 Å². The molecule has 0 unspecified atom stereocenters. The third-order valence-electron chi connectivity index (χ3n) is 3.55. The van der Waals surface area contributed by atoms with Crippen molar-refractivity contribution in [2.45, 2.75) is 6.42 Å². The lowest BCUT2D eigenvalue weighted by Crippen LogP contribution is -2.06. The summed E-state index contributed by atoms with van der Waals surface area (Å²) in [5.74, 6) is 1.03. The van der Waals surface area contributed by atoms with Crippen LogP contribution in [0.15, 0.2) is 49.1 Å². The first kappa shape index (κ1) is 17.4. The van der Waals surface area contributed by atoms with E-state index in [9.17, 15) is 0 Å². The Kier molecular flexibility index (Phi) is 5.56. The van der Waals surface area contributed by atoms with E-state index >= 15 is 0 Å². The summed E-state index contributed by atoms with van der Waals surface area (Å²) < 4.78 is 28.5. The standard InChI is InChI=1S/C17H14N6O2S2/c1-4-12(10-18-6-1)14-16(22-26-20-14)24-8-3-9-25-17-15(21-27-23-17)13-5-2-7-19-11-13/h1-2,4-7,10-11H,3,8-9H2. The van der Waals surface area contributed by atoms with E-state index in [1.807, 2.05) is 24.3 Å². The zero-order valence-corrected chi connectivity index (χ0v) is 15.7. The van der Waals surface area contributed by atoms with E-state index in [0.717, 1.165) is 34.6 Å². The van der Waals surface area contributed by atoms with Gasteiger partial charge in [0.25, 0.3) is 11.8 Å². The molecule has 0 fully saturated rings. The number of hydrogen-bond donors (Lipinski definition) is 0. The van der Waals surface area contributed by atoms with Gasteiger partial charge in [0.1, 0.15) is 11.4 Å². The van der Waals surface area contributed by atoms with E-state index in [1.54, 1.807) is 24.8 Å². The molecule has 8 nitrogen and oxygen atoms in total. The van der Waals surface area contributed by atoms with Gasteiger partial charge in [0.05, 0.1) is 36.7 Å². The molecule has 4 rings (SSSR count). The predicted octanol–water partition coefficient (Wildman–Crippen LogP) is 3.36. The molecule has 0 saturated carbocycles. The molecule has 4 heterocycles. The van der Waals surface area contributed by atoms with Crippen molar-refractivity contribution in [2.24, 2.45) is 0 Å².